The molecule has 0 bridgehead atoms. The molecule has 6 aromatic rings. The fourth-order valence-electron chi connectivity index (χ4n) is 5.61. The van der Waals surface area contributed by atoms with Gasteiger partial charge in [-0.25, -0.2) is 15.4 Å². The Morgan fingerprint density at radius 2 is 1.62 bits per heavy atom. The second-order valence-corrected chi connectivity index (χ2v) is 14.4. The summed E-state index contributed by atoms with van der Waals surface area (Å²) in [6.07, 6.45) is 18.6. The van der Waals surface area contributed by atoms with Crippen molar-refractivity contribution in [1.82, 2.24) is 40.3 Å². The molecule has 3 N–H and O–H groups in total. The fourth-order valence-corrected chi connectivity index (χ4v) is 6.16. The summed E-state index contributed by atoms with van der Waals surface area (Å²) in [5.41, 5.74) is 12.0. The third-order valence-corrected chi connectivity index (χ3v) is 8.58. The van der Waals surface area contributed by atoms with Crippen molar-refractivity contribution in [2.24, 2.45) is 4.99 Å². The van der Waals surface area contributed by atoms with Crippen LogP contribution in [0.2, 0.25) is 0 Å². The number of aromatic nitrogens is 5. The number of anilines is 1. The van der Waals surface area contributed by atoms with Gasteiger partial charge in [-0.2, -0.15) is 9.61 Å². The quantitative estimate of drug-likeness (QED) is 0.135. The van der Waals surface area contributed by atoms with E-state index < -0.39 is 0 Å². The van der Waals surface area contributed by atoms with Gasteiger partial charge in [0, 0.05) is 61.2 Å². The van der Waals surface area contributed by atoms with E-state index in [0.29, 0.717) is 30.8 Å². The van der Waals surface area contributed by atoms with Gasteiger partial charge < -0.3 is 10.6 Å². The normalized spacial score (nSPS) is 14.1. The molecule has 2 aliphatic heterocycles. The van der Waals surface area contributed by atoms with Gasteiger partial charge in [0.15, 0.2) is 5.65 Å². The number of aliphatic imine (C=N–C) groups is 1. The van der Waals surface area contributed by atoms with Crippen molar-refractivity contribution >= 4 is 54.9 Å². The number of terminal acetylenes is 1. The maximum Gasteiger partial charge on any atom is 0.173 e. The predicted octanol–water partition coefficient (Wildman–Crippen LogP) is 7.67. The molecule has 0 unspecified atom stereocenters. The van der Waals surface area contributed by atoms with Crippen molar-refractivity contribution in [3.05, 3.63) is 171 Å². The van der Waals surface area contributed by atoms with Gasteiger partial charge >= 0.3 is 0 Å². The van der Waals surface area contributed by atoms with Gasteiger partial charge in [-0.1, -0.05) is 78.7 Å². The average molecular weight is 813 g/mol. The van der Waals surface area contributed by atoms with E-state index in [1.807, 2.05) is 102 Å². The van der Waals surface area contributed by atoms with Crippen molar-refractivity contribution in [3.8, 4) is 23.6 Å². The van der Waals surface area contributed by atoms with Gasteiger partial charge in [0.25, 0.3) is 0 Å². The van der Waals surface area contributed by atoms with Gasteiger partial charge in [-0.15, -0.1) is 6.42 Å². The first kappa shape index (κ1) is 34.6. The molecule has 256 valence electrons. The molecule has 4 aromatic heterocycles. The summed E-state index contributed by atoms with van der Waals surface area (Å²) in [5, 5.41) is 13.3. The molecule has 0 atom stereocenters. The monoisotopic (exact) mass is 810 g/mol. The summed E-state index contributed by atoms with van der Waals surface area (Å²) >= 11 is 6.91. The molecule has 0 saturated heterocycles. The molecular weight excluding hydrogens is 780 g/mol. The summed E-state index contributed by atoms with van der Waals surface area (Å²) in [5.74, 6) is 5.32. The molecule has 0 radical (unpaired) electrons. The number of halogens is 2. The van der Waals surface area contributed by atoms with Crippen molar-refractivity contribution in [2.75, 3.05) is 11.9 Å². The van der Waals surface area contributed by atoms with Crippen molar-refractivity contribution < 1.29 is 0 Å². The van der Waals surface area contributed by atoms with Crippen molar-refractivity contribution in [2.45, 2.75) is 13.1 Å². The number of benzene rings is 2. The van der Waals surface area contributed by atoms with Crippen LogP contribution in [0.1, 0.15) is 22.3 Å². The third-order valence-electron chi connectivity index (χ3n) is 8.12. The summed E-state index contributed by atoms with van der Waals surface area (Å²) in [6.45, 7) is 1.91. The smallest absolute Gasteiger partial charge is 0.173 e. The van der Waals surface area contributed by atoms with E-state index in [1.54, 1.807) is 23.1 Å². The Bertz CT molecular complexity index is 2330. The van der Waals surface area contributed by atoms with Crippen LogP contribution in [0.15, 0.2) is 154 Å². The molecule has 2 aromatic carbocycles. The minimum absolute atomic E-state index is 0.570. The SMILES string of the molecule is BrC(Br)=CC1=C2NC(c3ccccc3)=CC(=NCc3cccnc3)N2NC1.C#Cc1cnn2c(NCc3cccnc3)cc(-c3ccccc3)nc12. The van der Waals surface area contributed by atoms with Crippen LogP contribution in [0.25, 0.3) is 22.6 Å². The lowest BCUT2D eigenvalue weighted by atomic mass is 10.1. The highest BCUT2D eigenvalue weighted by molar-refractivity contribution is 9.28. The first-order valence-electron chi connectivity index (χ1n) is 16.4. The van der Waals surface area contributed by atoms with Crippen LogP contribution < -0.4 is 16.1 Å². The first-order valence-corrected chi connectivity index (χ1v) is 17.9. The summed E-state index contributed by atoms with van der Waals surface area (Å²) in [6, 6.07) is 30.1. The molecule has 6 heterocycles. The highest BCUT2D eigenvalue weighted by Crippen LogP contribution is 2.28. The Balaban J connectivity index is 0.000000162. The molecule has 0 fully saturated rings. The minimum Gasteiger partial charge on any atom is -0.366 e. The van der Waals surface area contributed by atoms with Gasteiger partial charge in [-0.05, 0) is 66.8 Å². The number of rotatable bonds is 8. The highest BCUT2D eigenvalue weighted by Gasteiger charge is 2.29. The lowest BCUT2D eigenvalue weighted by Crippen LogP contribution is -2.43. The van der Waals surface area contributed by atoms with Crippen LogP contribution in [-0.4, -0.2) is 42.0 Å². The fraction of sp³-hybridized carbons (Fsp3) is 0.0750. The Labute approximate surface area is 318 Å². The number of fused-ring (bicyclic) bond motifs is 2. The Morgan fingerprint density at radius 3 is 2.29 bits per heavy atom. The van der Waals surface area contributed by atoms with E-state index in [0.717, 1.165) is 60.1 Å². The lowest BCUT2D eigenvalue weighted by Gasteiger charge is -2.29. The largest absolute Gasteiger partial charge is 0.366 e. The van der Waals surface area contributed by atoms with Crippen molar-refractivity contribution in [1.29, 1.82) is 0 Å². The van der Waals surface area contributed by atoms with E-state index in [1.165, 1.54) is 0 Å². The molecular formula is C40H32Br2N10. The second kappa shape index (κ2) is 16.4. The summed E-state index contributed by atoms with van der Waals surface area (Å²) < 4.78 is 2.63. The molecule has 0 aliphatic carbocycles. The topological polar surface area (TPSA) is 108 Å². The van der Waals surface area contributed by atoms with Crippen LogP contribution in [0.5, 0.6) is 0 Å². The number of pyridine rings is 2. The number of hydrogen-bond donors (Lipinski definition) is 3. The molecule has 0 amide bonds. The number of nitrogens with one attached hydrogen (secondary N) is 3. The van der Waals surface area contributed by atoms with E-state index in [-0.39, 0.29) is 0 Å². The highest BCUT2D eigenvalue weighted by atomic mass is 79.9. The zero-order valence-electron chi connectivity index (χ0n) is 27.8. The second-order valence-electron chi connectivity index (χ2n) is 11.6. The van der Waals surface area contributed by atoms with Crippen molar-refractivity contribution in [3.63, 3.8) is 0 Å². The standard InChI is InChI=1S/C20H17Br2N5.C20H15N5/c21-18(22)9-16-13-25-27-19(24-12-14-5-4-8-23-11-14)10-17(26-20(16)27)15-6-2-1-3-7-15;1-2-16-14-23-25-19(22-13-15-7-6-10-21-12-15)11-18(24-20(16)25)17-8-4-3-5-9-17/h1-11,25-26H,12-13H2;1,3-12,14,22H,13H2. The van der Waals surface area contributed by atoms with Crippen LogP contribution >= 0.6 is 31.9 Å². The molecule has 2 aliphatic rings. The van der Waals surface area contributed by atoms with Crippen LogP contribution in [-0.2, 0) is 13.1 Å². The van der Waals surface area contributed by atoms with Gasteiger partial charge in [-0.3, -0.25) is 15.0 Å². The molecule has 12 heteroatoms. The zero-order valence-corrected chi connectivity index (χ0v) is 31.0. The third kappa shape index (κ3) is 8.19. The zero-order chi connectivity index (χ0) is 35.7. The summed E-state index contributed by atoms with van der Waals surface area (Å²) in [7, 11) is 0. The predicted molar refractivity (Wildman–Crippen MR) is 214 cm³/mol. The maximum absolute atomic E-state index is 5.59. The van der Waals surface area contributed by atoms with E-state index >= 15 is 0 Å². The number of amidine groups is 1. The number of hydrogen-bond acceptors (Lipinski definition) is 8. The van der Waals surface area contributed by atoms with Crippen LogP contribution in [0, 0.1) is 12.3 Å². The minimum atomic E-state index is 0.570. The van der Waals surface area contributed by atoms with Crippen LogP contribution in [0.3, 0.4) is 0 Å². The van der Waals surface area contributed by atoms with Gasteiger partial charge in [0.2, 0.25) is 0 Å². The van der Waals surface area contributed by atoms with Crippen LogP contribution in [0.4, 0.5) is 5.82 Å². The van der Waals surface area contributed by atoms with E-state index in [2.05, 4.69) is 87.1 Å². The number of nitrogens with zero attached hydrogens (tertiary/aromatic N) is 7. The average Bonchev–Trinajstić information content (AvgIpc) is 3.81. The molecule has 10 nitrogen and oxygen atoms in total. The molecule has 0 spiro atoms. The van der Waals surface area contributed by atoms with E-state index in [4.69, 9.17) is 16.4 Å². The molecule has 8 rings (SSSR count). The Morgan fingerprint density at radius 1 is 0.904 bits per heavy atom. The number of hydrazine groups is 1. The Kier molecular flexibility index (Phi) is 10.9. The van der Waals surface area contributed by atoms with Gasteiger partial charge in [0.1, 0.15) is 17.5 Å². The first-order chi connectivity index (χ1) is 25.6. The lowest BCUT2D eigenvalue weighted by molar-refractivity contribution is 0.411. The summed E-state index contributed by atoms with van der Waals surface area (Å²) in [4.78, 5) is 17.8. The molecule has 52 heavy (non-hydrogen) atoms. The van der Waals surface area contributed by atoms with Gasteiger partial charge in [0.05, 0.1) is 33.1 Å². The van der Waals surface area contributed by atoms with E-state index in [9.17, 15) is 0 Å². The maximum atomic E-state index is 5.59. The Hall–Kier alpha value is -5.87. The molecule has 0 saturated carbocycles.